The van der Waals surface area contributed by atoms with E-state index in [0.29, 0.717) is 5.57 Å². The van der Waals surface area contributed by atoms with Crippen molar-refractivity contribution in [1.82, 2.24) is 0 Å². The maximum absolute atomic E-state index is 11.8. The van der Waals surface area contributed by atoms with E-state index in [1.54, 1.807) is 20.8 Å². The zero-order chi connectivity index (χ0) is 12.5. The molecule has 0 aliphatic carbocycles. The predicted octanol–water partition coefficient (Wildman–Crippen LogP) is 1.20. The molecule has 0 radical (unpaired) electrons. The van der Waals surface area contributed by atoms with E-state index in [1.807, 2.05) is 0 Å². The summed E-state index contributed by atoms with van der Waals surface area (Å²) in [6, 6.07) is 0. The Morgan fingerprint density at radius 1 is 1.50 bits per heavy atom. The van der Waals surface area contributed by atoms with Gasteiger partial charge in [-0.15, -0.1) is 6.58 Å². The van der Waals surface area contributed by atoms with Crippen LogP contribution in [0.15, 0.2) is 24.8 Å². The Bertz CT molecular complexity index is 319. The molecule has 1 aliphatic heterocycles. The minimum Gasteiger partial charge on any atom is -0.386 e. The molecule has 1 heterocycles. The molecule has 3 atom stereocenters. The average molecular weight is 226 g/mol. The number of hydrogen-bond acceptors (Lipinski definition) is 4. The van der Waals surface area contributed by atoms with Gasteiger partial charge in [0.15, 0.2) is 17.7 Å². The molecule has 1 rings (SSSR count). The molecule has 4 heteroatoms. The number of ether oxygens (including phenoxy) is 2. The Hall–Kier alpha value is -0.970. The number of carbonyl (C=O) groups excluding carboxylic acids is 1. The quantitative estimate of drug-likeness (QED) is 0.578. The van der Waals surface area contributed by atoms with Gasteiger partial charge in [0.2, 0.25) is 0 Å². The van der Waals surface area contributed by atoms with Crippen LogP contribution >= 0.6 is 0 Å². The molecular formula is C12H18O4. The maximum atomic E-state index is 11.8. The number of aliphatic hydroxyl groups excluding tert-OH is 1. The molecule has 1 saturated heterocycles. The fourth-order valence-corrected chi connectivity index (χ4v) is 1.62. The standard InChI is InChI=1S/C12H18O4/c1-6-8(13)10-11(9(14)7(2)3)16-12(4,5)15-10/h6,8,10-11,13H,1-2H2,3-5H3/t8-,10+,11+/m1/s1. The smallest absolute Gasteiger partial charge is 0.189 e. The highest BCUT2D eigenvalue weighted by atomic mass is 16.8. The first kappa shape index (κ1) is 13.1. The van der Waals surface area contributed by atoms with Gasteiger partial charge in [-0.3, -0.25) is 4.79 Å². The van der Waals surface area contributed by atoms with Gasteiger partial charge in [0, 0.05) is 0 Å². The van der Waals surface area contributed by atoms with Crippen LogP contribution in [0.3, 0.4) is 0 Å². The number of rotatable bonds is 4. The summed E-state index contributed by atoms with van der Waals surface area (Å²) in [7, 11) is 0. The van der Waals surface area contributed by atoms with Crippen LogP contribution in [-0.4, -0.2) is 35.0 Å². The minimum atomic E-state index is -0.935. The number of aliphatic hydroxyl groups is 1. The van der Waals surface area contributed by atoms with Crippen molar-refractivity contribution in [2.75, 3.05) is 0 Å². The summed E-state index contributed by atoms with van der Waals surface area (Å²) in [6.45, 7) is 12.0. The molecule has 0 saturated carbocycles. The van der Waals surface area contributed by atoms with Crippen LogP contribution in [0.25, 0.3) is 0 Å². The Labute approximate surface area is 95.6 Å². The molecule has 1 N–H and O–H groups in total. The third-order valence-corrected chi connectivity index (χ3v) is 2.39. The van der Waals surface area contributed by atoms with Gasteiger partial charge in [-0.2, -0.15) is 0 Å². The number of ketones is 1. The second kappa shape index (κ2) is 4.49. The van der Waals surface area contributed by atoms with Crippen LogP contribution in [0.1, 0.15) is 20.8 Å². The van der Waals surface area contributed by atoms with Gasteiger partial charge in [-0.25, -0.2) is 0 Å². The first-order chi connectivity index (χ1) is 7.28. The van der Waals surface area contributed by atoms with Gasteiger partial charge < -0.3 is 14.6 Å². The molecule has 4 nitrogen and oxygen atoms in total. The Balaban J connectivity index is 2.92. The number of carbonyl (C=O) groups is 1. The molecule has 1 fully saturated rings. The van der Waals surface area contributed by atoms with Crippen LogP contribution < -0.4 is 0 Å². The highest BCUT2D eigenvalue weighted by Crippen LogP contribution is 2.31. The number of Topliss-reactive ketones (excluding diaryl/α,β-unsaturated/α-hetero) is 1. The first-order valence-electron chi connectivity index (χ1n) is 5.14. The molecule has 90 valence electrons. The minimum absolute atomic E-state index is 0.253. The summed E-state index contributed by atoms with van der Waals surface area (Å²) in [5.41, 5.74) is 0.382. The Morgan fingerprint density at radius 2 is 2.06 bits per heavy atom. The van der Waals surface area contributed by atoms with Crippen LogP contribution in [0, 0.1) is 0 Å². The van der Waals surface area contributed by atoms with Gasteiger partial charge >= 0.3 is 0 Å². The van der Waals surface area contributed by atoms with Crippen LogP contribution in [0.5, 0.6) is 0 Å². The highest BCUT2D eigenvalue weighted by molar-refractivity contribution is 5.98. The summed E-state index contributed by atoms with van der Waals surface area (Å²) in [5, 5.41) is 9.69. The van der Waals surface area contributed by atoms with Crippen LogP contribution in [0.2, 0.25) is 0 Å². The molecular weight excluding hydrogens is 208 g/mol. The summed E-state index contributed by atoms with van der Waals surface area (Å²) < 4.78 is 10.9. The van der Waals surface area contributed by atoms with Crippen molar-refractivity contribution in [3.05, 3.63) is 24.8 Å². The Kier molecular flexibility index (Phi) is 3.68. The van der Waals surface area contributed by atoms with E-state index in [9.17, 15) is 9.90 Å². The second-order valence-electron chi connectivity index (χ2n) is 4.39. The molecule has 0 unspecified atom stereocenters. The van der Waals surface area contributed by atoms with Gasteiger partial charge in [0.1, 0.15) is 12.2 Å². The van der Waals surface area contributed by atoms with E-state index in [-0.39, 0.29) is 5.78 Å². The molecule has 1 aliphatic rings. The maximum Gasteiger partial charge on any atom is 0.189 e. The molecule has 0 aromatic carbocycles. The lowest BCUT2D eigenvalue weighted by Crippen LogP contribution is -2.39. The largest absolute Gasteiger partial charge is 0.386 e. The summed E-state index contributed by atoms with van der Waals surface area (Å²) in [4.78, 5) is 11.8. The molecule has 0 aromatic heterocycles. The van der Waals surface area contributed by atoms with Gasteiger partial charge in [-0.1, -0.05) is 12.7 Å². The molecule has 16 heavy (non-hydrogen) atoms. The van der Waals surface area contributed by atoms with E-state index in [2.05, 4.69) is 13.2 Å². The van der Waals surface area contributed by atoms with Crippen LogP contribution in [0.4, 0.5) is 0 Å². The molecule has 0 amide bonds. The van der Waals surface area contributed by atoms with Gasteiger partial charge in [-0.05, 0) is 26.3 Å². The molecule has 0 spiro atoms. The van der Waals surface area contributed by atoms with Crippen molar-refractivity contribution in [3.63, 3.8) is 0 Å². The fourth-order valence-electron chi connectivity index (χ4n) is 1.62. The normalized spacial score (nSPS) is 29.8. The lowest BCUT2D eigenvalue weighted by Gasteiger charge is -2.19. The molecule has 0 bridgehead atoms. The van der Waals surface area contributed by atoms with Crippen molar-refractivity contribution in [3.8, 4) is 0 Å². The average Bonchev–Trinajstić information content (AvgIpc) is 2.52. The fraction of sp³-hybridized carbons (Fsp3) is 0.583. The van der Waals surface area contributed by atoms with E-state index < -0.39 is 24.1 Å². The highest BCUT2D eigenvalue weighted by Gasteiger charge is 2.47. The van der Waals surface area contributed by atoms with E-state index in [0.717, 1.165) is 0 Å². The lowest BCUT2D eigenvalue weighted by atomic mass is 10.0. The first-order valence-corrected chi connectivity index (χ1v) is 5.14. The summed E-state index contributed by atoms with van der Waals surface area (Å²) in [6.07, 6.45) is -1.15. The lowest BCUT2D eigenvalue weighted by molar-refractivity contribution is -0.156. The van der Waals surface area contributed by atoms with Gasteiger partial charge in [0.05, 0.1) is 0 Å². The van der Waals surface area contributed by atoms with Crippen molar-refractivity contribution < 1.29 is 19.4 Å². The number of hydrogen-bond donors (Lipinski definition) is 1. The van der Waals surface area contributed by atoms with E-state index in [4.69, 9.17) is 9.47 Å². The summed E-state index contributed by atoms with van der Waals surface area (Å²) >= 11 is 0. The second-order valence-corrected chi connectivity index (χ2v) is 4.39. The van der Waals surface area contributed by atoms with E-state index in [1.165, 1.54) is 6.08 Å². The topological polar surface area (TPSA) is 55.8 Å². The summed E-state index contributed by atoms with van der Waals surface area (Å²) in [5.74, 6) is -1.14. The van der Waals surface area contributed by atoms with Crippen LogP contribution in [-0.2, 0) is 14.3 Å². The third-order valence-electron chi connectivity index (χ3n) is 2.39. The monoisotopic (exact) mass is 226 g/mol. The Morgan fingerprint density at radius 3 is 2.50 bits per heavy atom. The van der Waals surface area contributed by atoms with Crippen molar-refractivity contribution in [2.45, 2.75) is 44.9 Å². The SMILES string of the molecule is C=C[C@@H](O)[C@@H]1OC(C)(C)O[C@H]1C(=O)C(=C)C. The predicted molar refractivity (Wildman–Crippen MR) is 59.8 cm³/mol. The third kappa shape index (κ3) is 2.58. The van der Waals surface area contributed by atoms with E-state index >= 15 is 0 Å². The van der Waals surface area contributed by atoms with Crippen molar-refractivity contribution in [2.24, 2.45) is 0 Å². The van der Waals surface area contributed by atoms with Crippen molar-refractivity contribution in [1.29, 1.82) is 0 Å². The van der Waals surface area contributed by atoms with Crippen molar-refractivity contribution >= 4 is 5.78 Å². The molecule has 0 aromatic rings. The zero-order valence-corrected chi connectivity index (χ0v) is 9.90. The zero-order valence-electron chi connectivity index (χ0n) is 9.90. The van der Waals surface area contributed by atoms with Gasteiger partial charge in [0.25, 0.3) is 0 Å².